The van der Waals surface area contributed by atoms with Crippen LogP contribution in [0.15, 0.2) is 63.3 Å². The zero-order valence-electron chi connectivity index (χ0n) is 11.7. The van der Waals surface area contributed by atoms with Gasteiger partial charge in [0.25, 0.3) is 0 Å². The van der Waals surface area contributed by atoms with Gasteiger partial charge < -0.3 is 0 Å². The Morgan fingerprint density at radius 2 is 1.95 bits per heavy atom. The summed E-state index contributed by atoms with van der Waals surface area (Å²) in [6.07, 6.45) is 1.78. The van der Waals surface area contributed by atoms with Crippen LogP contribution >= 0.6 is 34.7 Å². The molecule has 0 aliphatic carbocycles. The van der Waals surface area contributed by atoms with Crippen LogP contribution in [0.5, 0.6) is 0 Å². The summed E-state index contributed by atoms with van der Waals surface area (Å²) in [6, 6.07) is 13.0. The molecule has 0 fully saturated rings. The summed E-state index contributed by atoms with van der Waals surface area (Å²) in [5.41, 5.74) is 2.20. The Bertz CT molecular complexity index is 798. The molecule has 0 aliphatic rings. The standard InChI is InChI=1S/C17H12ClNOS2/c1-11-2-7-15(18)14(10-11)16(20)12-3-5-13(6-4-12)22-17-19-8-9-21-17/h2-10H,1H3. The van der Waals surface area contributed by atoms with Crippen LogP contribution in [-0.4, -0.2) is 10.8 Å². The highest BCUT2D eigenvalue weighted by Gasteiger charge is 2.13. The molecule has 0 saturated carbocycles. The second-order valence-corrected chi connectivity index (χ2v) is 7.36. The minimum Gasteiger partial charge on any atom is -0.289 e. The maximum atomic E-state index is 12.5. The van der Waals surface area contributed by atoms with Gasteiger partial charge in [-0.1, -0.05) is 35.0 Å². The van der Waals surface area contributed by atoms with Crippen LogP contribution < -0.4 is 0 Å². The van der Waals surface area contributed by atoms with Gasteiger partial charge in [-0.2, -0.15) is 0 Å². The Balaban J connectivity index is 1.83. The molecule has 0 atom stereocenters. The van der Waals surface area contributed by atoms with Gasteiger partial charge in [-0.25, -0.2) is 4.98 Å². The Morgan fingerprint density at radius 1 is 1.18 bits per heavy atom. The molecule has 22 heavy (non-hydrogen) atoms. The number of thiazole rings is 1. The van der Waals surface area contributed by atoms with E-state index in [0.717, 1.165) is 14.8 Å². The van der Waals surface area contributed by atoms with Crippen LogP contribution in [0.2, 0.25) is 5.02 Å². The van der Waals surface area contributed by atoms with Crippen LogP contribution in [0.1, 0.15) is 21.5 Å². The molecule has 3 aromatic rings. The van der Waals surface area contributed by atoms with E-state index in [2.05, 4.69) is 4.98 Å². The average Bonchev–Trinajstić information content (AvgIpc) is 3.03. The van der Waals surface area contributed by atoms with E-state index < -0.39 is 0 Å². The number of hydrogen-bond acceptors (Lipinski definition) is 4. The van der Waals surface area contributed by atoms with Gasteiger partial charge in [0, 0.05) is 27.6 Å². The monoisotopic (exact) mass is 345 g/mol. The molecule has 5 heteroatoms. The molecule has 0 saturated heterocycles. The minimum absolute atomic E-state index is 0.0560. The first-order valence-electron chi connectivity index (χ1n) is 6.62. The number of carbonyl (C=O) groups excluding carboxylic acids is 1. The Morgan fingerprint density at radius 3 is 2.64 bits per heavy atom. The summed E-state index contributed by atoms with van der Waals surface area (Å²) in [5, 5.41) is 2.43. The van der Waals surface area contributed by atoms with Crippen molar-refractivity contribution >= 4 is 40.5 Å². The maximum Gasteiger partial charge on any atom is 0.194 e. The fraction of sp³-hybridized carbons (Fsp3) is 0.0588. The van der Waals surface area contributed by atoms with Crippen molar-refractivity contribution in [3.8, 4) is 0 Å². The molecule has 0 aliphatic heterocycles. The van der Waals surface area contributed by atoms with Crippen LogP contribution in [-0.2, 0) is 0 Å². The second-order valence-electron chi connectivity index (χ2n) is 4.74. The number of benzene rings is 2. The largest absolute Gasteiger partial charge is 0.289 e. The smallest absolute Gasteiger partial charge is 0.194 e. The molecule has 0 N–H and O–H groups in total. The van der Waals surface area contributed by atoms with E-state index >= 15 is 0 Å². The highest BCUT2D eigenvalue weighted by molar-refractivity contribution is 8.01. The first kappa shape index (κ1) is 15.3. The number of carbonyl (C=O) groups is 1. The van der Waals surface area contributed by atoms with Gasteiger partial charge in [-0.15, -0.1) is 11.3 Å². The van der Waals surface area contributed by atoms with Gasteiger partial charge in [-0.3, -0.25) is 4.79 Å². The summed E-state index contributed by atoms with van der Waals surface area (Å²) < 4.78 is 0.987. The van der Waals surface area contributed by atoms with E-state index in [1.165, 1.54) is 0 Å². The predicted octanol–water partition coefficient (Wildman–Crippen LogP) is 5.49. The number of ketones is 1. The lowest BCUT2D eigenvalue weighted by Crippen LogP contribution is -2.02. The Hall–Kier alpha value is -1.62. The number of nitrogens with zero attached hydrogens (tertiary/aromatic N) is 1. The quantitative estimate of drug-likeness (QED) is 0.586. The highest BCUT2D eigenvalue weighted by atomic mass is 35.5. The molecular weight excluding hydrogens is 334 g/mol. The van der Waals surface area contributed by atoms with E-state index in [0.29, 0.717) is 16.1 Å². The molecule has 3 rings (SSSR count). The first-order valence-corrected chi connectivity index (χ1v) is 8.69. The molecule has 1 heterocycles. The molecule has 0 unspecified atom stereocenters. The molecule has 2 aromatic carbocycles. The number of hydrogen-bond donors (Lipinski definition) is 0. The zero-order chi connectivity index (χ0) is 15.5. The van der Waals surface area contributed by atoms with Crippen LogP contribution in [0.25, 0.3) is 0 Å². The summed E-state index contributed by atoms with van der Waals surface area (Å²) in [7, 11) is 0. The number of aryl methyl sites for hydroxylation is 1. The van der Waals surface area contributed by atoms with E-state index in [1.54, 1.807) is 35.4 Å². The predicted molar refractivity (Wildman–Crippen MR) is 92.3 cm³/mol. The molecule has 0 amide bonds. The molecule has 0 bridgehead atoms. The van der Waals surface area contributed by atoms with Gasteiger partial charge in [0.2, 0.25) is 0 Å². The van der Waals surface area contributed by atoms with Gasteiger partial charge in [0.15, 0.2) is 10.1 Å². The lowest BCUT2D eigenvalue weighted by molar-refractivity contribution is 0.103. The normalized spacial score (nSPS) is 10.6. The van der Waals surface area contributed by atoms with Crippen LogP contribution in [0.4, 0.5) is 0 Å². The van der Waals surface area contributed by atoms with Crippen molar-refractivity contribution in [2.45, 2.75) is 16.2 Å². The minimum atomic E-state index is -0.0560. The third-order valence-corrected chi connectivity index (χ3v) is 5.32. The summed E-state index contributed by atoms with van der Waals surface area (Å²) in [5.74, 6) is -0.0560. The Kier molecular flexibility index (Phi) is 4.62. The molecule has 0 spiro atoms. The van der Waals surface area contributed by atoms with E-state index in [4.69, 9.17) is 11.6 Å². The van der Waals surface area contributed by atoms with Crippen molar-refractivity contribution in [2.75, 3.05) is 0 Å². The lowest BCUT2D eigenvalue weighted by atomic mass is 10.0. The van der Waals surface area contributed by atoms with Crippen molar-refractivity contribution in [1.82, 2.24) is 4.98 Å². The molecule has 110 valence electrons. The SMILES string of the molecule is Cc1ccc(Cl)c(C(=O)c2ccc(Sc3nccs3)cc2)c1. The fourth-order valence-corrected chi connectivity index (χ4v) is 3.80. The molecule has 1 aromatic heterocycles. The van der Waals surface area contributed by atoms with E-state index in [-0.39, 0.29) is 5.78 Å². The average molecular weight is 346 g/mol. The van der Waals surface area contributed by atoms with Crippen LogP contribution in [0, 0.1) is 6.92 Å². The Labute approximate surface area is 142 Å². The van der Waals surface area contributed by atoms with E-state index in [9.17, 15) is 4.79 Å². The summed E-state index contributed by atoms with van der Waals surface area (Å²) in [4.78, 5) is 17.8. The number of rotatable bonds is 4. The highest BCUT2D eigenvalue weighted by Crippen LogP contribution is 2.29. The molecule has 2 nitrogen and oxygen atoms in total. The van der Waals surface area contributed by atoms with Gasteiger partial charge in [0.1, 0.15) is 0 Å². The first-order chi connectivity index (χ1) is 10.6. The molecule has 0 radical (unpaired) electrons. The topological polar surface area (TPSA) is 30.0 Å². The van der Waals surface area contributed by atoms with Crippen molar-refractivity contribution in [1.29, 1.82) is 0 Å². The summed E-state index contributed by atoms with van der Waals surface area (Å²) >= 11 is 9.32. The number of aromatic nitrogens is 1. The second kappa shape index (κ2) is 6.65. The van der Waals surface area contributed by atoms with E-state index in [1.807, 2.05) is 48.7 Å². The van der Waals surface area contributed by atoms with Gasteiger partial charge >= 0.3 is 0 Å². The van der Waals surface area contributed by atoms with Crippen molar-refractivity contribution in [3.63, 3.8) is 0 Å². The van der Waals surface area contributed by atoms with Gasteiger partial charge in [0.05, 0.1) is 5.02 Å². The zero-order valence-corrected chi connectivity index (χ0v) is 14.1. The summed E-state index contributed by atoms with van der Waals surface area (Å²) in [6.45, 7) is 1.95. The van der Waals surface area contributed by atoms with Crippen molar-refractivity contribution < 1.29 is 4.79 Å². The third-order valence-electron chi connectivity index (χ3n) is 3.10. The third kappa shape index (κ3) is 3.40. The van der Waals surface area contributed by atoms with Crippen molar-refractivity contribution in [3.05, 3.63) is 75.8 Å². The maximum absolute atomic E-state index is 12.5. The number of halogens is 1. The lowest BCUT2D eigenvalue weighted by Gasteiger charge is -2.06. The fourth-order valence-electron chi connectivity index (χ4n) is 2.00. The van der Waals surface area contributed by atoms with Crippen molar-refractivity contribution in [2.24, 2.45) is 0 Å². The molecular formula is C17H12ClNOS2. The van der Waals surface area contributed by atoms with Gasteiger partial charge in [-0.05, 0) is 43.3 Å². The van der Waals surface area contributed by atoms with Crippen LogP contribution in [0.3, 0.4) is 0 Å².